The van der Waals surface area contributed by atoms with E-state index in [1.54, 1.807) is 0 Å². The smallest absolute Gasteiger partial charge is 0.226 e. The van der Waals surface area contributed by atoms with Gasteiger partial charge < -0.3 is 10.6 Å². The molecule has 2 unspecified atom stereocenters. The predicted molar refractivity (Wildman–Crippen MR) is 86.0 cm³/mol. The number of halogens is 1. The zero-order valence-corrected chi connectivity index (χ0v) is 13.2. The quantitative estimate of drug-likeness (QED) is 0.870. The molecular formula is C16H25ClN2O. The van der Waals surface area contributed by atoms with E-state index in [4.69, 9.17) is 5.73 Å². The summed E-state index contributed by atoms with van der Waals surface area (Å²) in [5.74, 6) is 0.831. The van der Waals surface area contributed by atoms with Gasteiger partial charge in [-0.1, -0.05) is 31.9 Å². The van der Waals surface area contributed by atoms with Crippen molar-refractivity contribution in [2.75, 3.05) is 12.8 Å². The van der Waals surface area contributed by atoms with Crippen LogP contribution in [0, 0.1) is 5.92 Å². The Morgan fingerprint density at radius 3 is 2.45 bits per heavy atom. The number of nitrogens with two attached hydrogens (primary N) is 1. The van der Waals surface area contributed by atoms with E-state index in [1.807, 2.05) is 36.2 Å². The number of benzene rings is 1. The van der Waals surface area contributed by atoms with Crippen molar-refractivity contribution in [2.45, 2.75) is 45.1 Å². The van der Waals surface area contributed by atoms with Crippen LogP contribution in [0.2, 0.25) is 0 Å². The summed E-state index contributed by atoms with van der Waals surface area (Å²) in [6.07, 6.45) is 5.40. The predicted octanol–water partition coefficient (Wildman–Crippen LogP) is 3.27. The highest BCUT2D eigenvalue weighted by molar-refractivity contribution is 5.85. The van der Waals surface area contributed by atoms with Gasteiger partial charge in [0.25, 0.3) is 0 Å². The molecule has 1 aromatic carbocycles. The molecule has 1 aromatic rings. The van der Waals surface area contributed by atoms with E-state index in [-0.39, 0.29) is 18.3 Å². The molecule has 112 valence electrons. The van der Waals surface area contributed by atoms with E-state index in [2.05, 4.69) is 6.92 Å². The molecule has 1 aliphatic carbocycles. The molecule has 2 N–H and O–H groups in total. The molecule has 0 radical (unpaired) electrons. The Hall–Kier alpha value is -1.22. The number of hydrogen-bond acceptors (Lipinski definition) is 2. The van der Waals surface area contributed by atoms with Crippen molar-refractivity contribution in [3.8, 4) is 0 Å². The van der Waals surface area contributed by atoms with E-state index in [0.717, 1.165) is 17.7 Å². The van der Waals surface area contributed by atoms with Crippen LogP contribution in [-0.2, 0) is 11.2 Å². The third-order valence-electron chi connectivity index (χ3n) is 4.29. The first-order valence-corrected chi connectivity index (χ1v) is 7.18. The average molecular weight is 297 g/mol. The van der Waals surface area contributed by atoms with Crippen molar-refractivity contribution < 1.29 is 4.79 Å². The van der Waals surface area contributed by atoms with Crippen LogP contribution in [0.15, 0.2) is 24.3 Å². The Labute approximate surface area is 127 Å². The first kappa shape index (κ1) is 16.8. The highest BCUT2D eigenvalue weighted by Gasteiger charge is 2.27. The molecule has 20 heavy (non-hydrogen) atoms. The Morgan fingerprint density at radius 1 is 1.25 bits per heavy atom. The minimum atomic E-state index is 0. The highest BCUT2D eigenvalue weighted by Crippen LogP contribution is 2.27. The summed E-state index contributed by atoms with van der Waals surface area (Å²) >= 11 is 0. The van der Waals surface area contributed by atoms with Crippen LogP contribution < -0.4 is 5.73 Å². The number of amides is 1. The molecule has 4 heteroatoms. The van der Waals surface area contributed by atoms with Crippen LogP contribution in [-0.4, -0.2) is 23.9 Å². The van der Waals surface area contributed by atoms with E-state index >= 15 is 0 Å². The monoisotopic (exact) mass is 296 g/mol. The van der Waals surface area contributed by atoms with Crippen molar-refractivity contribution >= 4 is 24.0 Å². The minimum absolute atomic E-state index is 0. The van der Waals surface area contributed by atoms with Gasteiger partial charge in [0.05, 0.1) is 6.42 Å². The SMILES string of the molecule is CC1CCCCC1N(C)C(=O)Cc1ccc(N)cc1.Cl. The summed E-state index contributed by atoms with van der Waals surface area (Å²) in [4.78, 5) is 14.3. The van der Waals surface area contributed by atoms with Crippen molar-refractivity contribution in [2.24, 2.45) is 5.92 Å². The lowest BCUT2D eigenvalue weighted by atomic mass is 9.85. The third kappa shape index (κ3) is 4.14. The van der Waals surface area contributed by atoms with E-state index in [0.29, 0.717) is 18.4 Å². The fourth-order valence-electron chi connectivity index (χ4n) is 2.99. The molecule has 0 spiro atoms. The van der Waals surface area contributed by atoms with Crippen molar-refractivity contribution in [3.05, 3.63) is 29.8 Å². The molecule has 1 fully saturated rings. The Bertz CT molecular complexity index is 433. The lowest BCUT2D eigenvalue weighted by molar-refractivity contribution is -0.132. The number of nitrogens with zero attached hydrogens (tertiary/aromatic N) is 1. The second kappa shape index (κ2) is 7.53. The molecule has 0 saturated heterocycles. The van der Waals surface area contributed by atoms with E-state index in [1.165, 1.54) is 19.3 Å². The molecule has 0 heterocycles. The van der Waals surface area contributed by atoms with Gasteiger partial charge in [-0.3, -0.25) is 4.79 Å². The van der Waals surface area contributed by atoms with Crippen molar-refractivity contribution in [1.29, 1.82) is 0 Å². The first-order chi connectivity index (χ1) is 9.08. The van der Waals surface area contributed by atoms with Gasteiger partial charge in [0.1, 0.15) is 0 Å². The summed E-state index contributed by atoms with van der Waals surface area (Å²) in [5.41, 5.74) is 7.43. The minimum Gasteiger partial charge on any atom is -0.399 e. The third-order valence-corrected chi connectivity index (χ3v) is 4.29. The summed E-state index contributed by atoms with van der Waals surface area (Å²) in [5, 5.41) is 0. The van der Waals surface area contributed by atoms with Gasteiger partial charge in [-0.15, -0.1) is 12.4 Å². The second-order valence-corrected chi connectivity index (χ2v) is 5.75. The summed E-state index contributed by atoms with van der Waals surface area (Å²) in [6.45, 7) is 2.26. The fourth-order valence-corrected chi connectivity index (χ4v) is 2.99. The largest absolute Gasteiger partial charge is 0.399 e. The number of hydrogen-bond donors (Lipinski definition) is 1. The van der Waals surface area contributed by atoms with Gasteiger partial charge in [-0.2, -0.15) is 0 Å². The fraction of sp³-hybridized carbons (Fsp3) is 0.562. The van der Waals surface area contributed by atoms with Crippen LogP contribution in [0.3, 0.4) is 0 Å². The zero-order valence-electron chi connectivity index (χ0n) is 12.3. The lowest BCUT2D eigenvalue weighted by Crippen LogP contribution is -2.43. The number of nitrogen functional groups attached to an aromatic ring is 1. The molecule has 0 aliphatic heterocycles. The van der Waals surface area contributed by atoms with Gasteiger partial charge in [0.15, 0.2) is 0 Å². The summed E-state index contributed by atoms with van der Waals surface area (Å²) < 4.78 is 0. The molecule has 3 nitrogen and oxygen atoms in total. The molecule has 0 aromatic heterocycles. The Kier molecular flexibility index (Phi) is 6.34. The number of rotatable bonds is 3. The summed E-state index contributed by atoms with van der Waals surface area (Å²) in [7, 11) is 1.95. The van der Waals surface area contributed by atoms with Gasteiger partial charge in [-0.05, 0) is 36.5 Å². The maximum absolute atomic E-state index is 12.3. The maximum atomic E-state index is 12.3. The molecular weight excluding hydrogens is 272 g/mol. The molecule has 2 rings (SSSR count). The zero-order chi connectivity index (χ0) is 13.8. The second-order valence-electron chi connectivity index (χ2n) is 5.75. The van der Waals surface area contributed by atoms with Gasteiger partial charge in [0, 0.05) is 18.8 Å². The van der Waals surface area contributed by atoms with Gasteiger partial charge in [-0.25, -0.2) is 0 Å². The lowest BCUT2D eigenvalue weighted by Gasteiger charge is -2.36. The van der Waals surface area contributed by atoms with Crippen molar-refractivity contribution in [1.82, 2.24) is 4.90 Å². The molecule has 1 aliphatic rings. The molecule has 2 atom stereocenters. The maximum Gasteiger partial charge on any atom is 0.226 e. The number of likely N-dealkylation sites (N-methyl/N-ethyl adjacent to an activating group) is 1. The van der Waals surface area contributed by atoms with E-state index < -0.39 is 0 Å². The van der Waals surface area contributed by atoms with Gasteiger partial charge >= 0.3 is 0 Å². The van der Waals surface area contributed by atoms with E-state index in [9.17, 15) is 4.79 Å². The van der Waals surface area contributed by atoms with Crippen LogP contribution in [0.25, 0.3) is 0 Å². The molecule has 1 saturated carbocycles. The summed E-state index contributed by atoms with van der Waals surface area (Å²) in [6, 6.07) is 7.99. The number of carbonyl (C=O) groups is 1. The van der Waals surface area contributed by atoms with Crippen LogP contribution in [0.1, 0.15) is 38.2 Å². The first-order valence-electron chi connectivity index (χ1n) is 7.18. The Morgan fingerprint density at radius 2 is 1.85 bits per heavy atom. The van der Waals surface area contributed by atoms with Crippen LogP contribution in [0.4, 0.5) is 5.69 Å². The molecule has 1 amide bonds. The number of carbonyl (C=O) groups excluding carboxylic acids is 1. The topological polar surface area (TPSA) is 46.3 Å². The highest BCUT2D eigenvalue weighted by atomic mass is 35.5. The number of anilines is 1. The standard InChI is InChI=1S/C16H24N2O.ClH/c1-12-5-3-4-6-15(12)18(2)16(19)11-13-7-9-14(17)10-8-13;/h7-10,12,15H,3-6,11,17H2,1-2H3;1H. The molecule has 0 bridgehead atoms. The Balaban J connectivity index is 0.00000200. The van der Waals surface area contributed by atoms with Gasteiger partial charge in [0.2, 0.25) is 5.91 Å². The van der Waals surface area contributed by atoms with Crippen LogP contribution >= 0.6 is 12.4 Å². The average Bonchev–Trinajstić information content (AvgIpc) is 2.41. The normalized spacial score (nSPS) is 21.9. The van der Waals surface area contributed by atoms with Crippen LogP contribution in [0.5, 0.6) is 0 Å². The van der Waals surface area contributed by atoms with Crippen molar-refractivity contribution in [3.63, 3.8) is 0 Å².